The van der Waals surface area contributed by atoms with Gasteiger partial charge in [0, 0.05) is 5.92 Å². The van der Waals surface area contributed by atoms with Gasteiger partial charge in [0.1, 0.15) is 18.5 Å². The molecule has 3 unspecified atom stereocenters. The van der Waals surface area contributed by atoms with E-state index in [0.29, 0.717) is 0 Å². The Morgan fingerprint density at radius 2 is 1.39 bits per heavy atom. The number of aryl methyl sites for hydroxylation is 1. The zero-order valence-electron chi connectivity index (χ0n) is 21.1. The van der Waals surface area contributed by atoms with Crippen molar-refractivity contribution in [3.05, 3.63) is 29.8 Å². The zero-order chi connectivity index (χ0) is 23.7. The Labute approximate surface area is 201 Å². The Kier molecular flexibility index (Phi) is 14.7. The smallest absolute Gasteiger partial charge is 0.153 e. The van der Waals surface area contributed by atoms with Crippen LogP contribution in [0, 0.1) is 5.92 Å². The summed E-state index contributed by atoms with van der Waals surface area (Å²) in [7, 11) is 0. The lowest BCUT2D eigenvalue weighted by molar-refractivity contribution is -0.410. The summed E-state index contributed by atoms with van der Waals surface area (Å²) in [5.41, 5.74) is 1.28. The van der Waals surface area contributed by atoms with Crippen molar-refractivity contribution in [2.24, 2.45) is 5.92 Å². The summed E-state index contributed by atoms with van der Waals surface area (Å²) in [4.78, 5) is 10.4. The van der Waals surface area contributed by atoms with E-state index in [0.717, 1.165) is 12.2 Å². The molecule has 33 heavy (non-hydrogen) atoms. The largest absolute Gasteiger partial charge is 0.491 e. The average Bonchev–Trinajstić information content (AvgIpc) is 2.83. The molecule has 1 aromatic carbocycles. The lowest BCUT2D eigenvalue weighted by Crippen LogP contribution is -2.50. The van der Waals surface area contributed by atoms with E-state index in [9.17, 15) is 10.2 Å². The molecule has 4 atom stereocenters. The van der Waals surface area contributed by atoms with Crippen LogP contribution in [0.5, 0.6) is 5.75 Å². The molecular weight excluding hydrogens is 416 g/mol. The van der Waals surface area contributed by atoms with Gasteiger partial charge >= 0.3 is 0 Å². The summed E-state index contributed by atoms with van der Waals surface area (Å²) in [6, 6.07) is 8.18. The standard InChI is InChI=1S/C28H48O5/c1-3-4-5-6-7-8-9-10-11-12-13-14-15-17-24-18-16-19-25(20-24)31-22-27-28(30)23(2)26(21-29)32-33-27/h16,18-20,23,26-30H,3-15,17,21-22H2,1-2H3/t23-,26?,27?,28?/m1/s1. The van der Waals surface area contributed by atoms with Crippen molar-refractivity contribution in [3.63, 3.8) is 0 Å². The van der Waals surface area contributed by atoms with Gasteiger partial charge in [0.2, 0.25) is 0 Å². The first-order valence-electron chi connectivity index (χ1n) is 13.5. The van der Waals surface area contributed by atoms with Gasteiger partial charge in [-0.15, -0.1) is 0 Å². The fraction of sp³-hybridized carbons (Fsp3) is 0.786. The average molecular weight is 465 g/mol. The highest BCUT2D eigenvalue weighted by atomic mass is 17.2. The molecule has 5 nitrogen and oxygen atoms in total. The van der Waals surface area contributed by atoms with E-state index in [1.165, 1.54) is 89.0 Å². The molecule has 2 rings (SSSR count). The number of rotatable bonds is 18. The number of hydrogen-bond donors (Lipinski definition) is 2. The third-order valence-electron chi connectivity index (χ3n) is 6.87. The Hall–Kier alpha value is -1.14. The van der Waals surface area contributed by atoms with Gasteiger partial charge in [-0.25, -0.2) is 9.78 Å². The highest BCUT2D eigenvalue weighted by molar-refractivity contribution is 5.28. The molecule has 1 saturated heterocycles. The molecule has 1 aromatic rings. The summed E-state index contributed by atoms with van der Waals surface area (Å²) in [5.74, 6) is 0.578. The van der Waals surface area contributed by atoms with Gasteiger partial charge in [0.15, 0.2) is 6.10 Å². The van der Waals surface area contributed by atoms with Crippen molar-refractivity contribution in [3.8, 4) is 5.75 Å². The first-order valence-corrected chi connectivity index (χ1v) is 13.5. The van der Waals surface area contributed by atoms with E-state index in [-0.39, 0.29) is 19.1 Å². The summed E-state index contributed by atoms with van der Waals surface area (Å²) in [6.45, 7) is 4.16. The van der Waals surface area contributed by atoms with Gasteiger partial charge in [0.05, 0.1) is 12.7 Å². The molecule has 0 amide bonds. The van der Waals surface area contributed by atoms with Crippen molar-refractivity contribution < 1.29 is 24.7 Å². The van der Waals surface area contributed by atoms with Crippen LogP contribution >= 0.6 is 0 Å². The van der Waals surface area contributed by atoms with E-state index in [4.69, 9.17) is 14.5 Å². The van der Waals surface area contributed by atoms with Gasteiger partial charge in [-0.2, -0.15) is 0 Å². The minimum absolute atomic E-state index is 0.174. The summed E-state index contributed by atoms with van der Waals surface area (Å²) >= 11 is 0. The van der Waals surface area contributed by atoms with Gasteiger partial charge in [0.25, 0.3) is 0 Å². The minimum Gasteiger partial charge on any atom is -0.491 e. The Bertz CT molecular complexity index is 608. The lowest BCUT2D eigenvalue weighted by Gasteiger charge is -2.36. The Morgan fingerprint density at radius 3 is 2.00 bits per heavy atom. The SMILES string of the molecule is CCCCCCCCCCCCCCCc1cccc(OCC2OOC(CO)[C@@H](C)C2O)c1. The van der Waals surface area contributed by atoms with Crippen LogP contribution in [0.2, 0.25) is 0 Å². The van der Waals surface area contributed by atoms with Gasteiger partial charge in [-0.1, -0.05) is 103 Å². The molecular formula is C28H48O5. The highest BCUT2D eigenvalue weighted by Crippen LogP contribution is 2.25. The van der Waals surface area contributed by atoms with E-state index in [1.807, 2.05) is 19.1 Å². The number of ether oxygens (including phenoxy) is 1. The van der Waals surface area contributed by atoms with Crippen LogP contribution in [0.25, 0.3) is 0 Å². The normalized spacial score (nSPS) is 23.0. The molecule has 0 radical (unpaired) electrons. The summed E-state index contributed by atoms with van der Waals surface area (Å²) < 4.78 is 5.87. The van der Waals surface area contributed by atoms with Crippen molar-refractivity contribution in [2.45, 2.75) is 122 Å². The molecule has 1 fully saturated rings. The Balaban J connectivity index is 1.52. The van der Waals surface area contributed by atoms with Crippen LogP contribution in [0.4, 0.5) is 0 Å². The number of hydrogen-bond acceptors (Lipinski definition) is 5. The third kappa shape index (κ3) is 11.2. The first-order chi connectivity index (χ1) is 16.2. The van der Waals surface area contributed by atoms with Crippen molar-refractivity contribution in [1.82, 2.24) is 0 Å². The van der Waals surface area contributed by atoms with Gasteiger partial charge < -0.3 is 14.9 Å². The zero-order valence-corrected chi connectivity index (χ0v) is 21.1. The van der Waals surface area contributed by atoms with E-state index in [1.54, 1.807) is 0 Å². The molecule has 1 heterocycles. The van der Waals surface area contributed by atoms with E-state index >= 15 is 0 Å². The molecule has 0 bridgehead atoms. The monoisotopic (exact) mass is 464 g/mol. The van der Waals surface area contributed by atoms with Crippen LogP contribution < -0.4 is 4.74 Å². The van der Waals surface area contributed by atoms with Crippen molar-refractivity contribution in [2.75, 3.05) is 13.2 Å². The van der Waals surface area contributed by atoms with Crippen LogP contribution in [-0.4, -0.2) is 41.7 Å². The number of aliphatic hydroxyl groups excluding tert-OH is 2. The molecule has 2 N–H and O–H groups in total. The molecule has 0 saturated carbocycles. The maximum Gasteiger partial charge on any atom is 0.153 e. The maximum absolute atomic E-state index is 10.4. The predicted octanol–water partition coefficient (Wildman–Crippen LogP) is 6.39. The topological polar surface area (TPSA) is 68.2 Å². The second kappa shape index (κ2) is 17.3. The Morgan fingerprint density at radius 1 is 0.818 bits per heavy atom. The fourth-order valence-electron chi connectivity index (χ4n) is 4.48. The van der Waals surface area contributed by atoms with Crippen molar-refractivity contribution in [1.29, 1.82) is 0 Å². The molecule has 1 aliphatic heterocycles. The molecule has 190 valence electrons. The second-order valence-electron chi connectivity index (χ2n) is 9.75. The second-order valence-corrected chi connectivity index (χ2v) is 9.75. The maximum atomic E-state index is 10.4. The lowest BCUT2D eigenvalue weighted by atomic mass is 9.94. The summed E-state index contributed by atoms with van der Waals surface area (Å²) in [5, 5.41) is 19.6. The van der Waals surface area contributed by atoms with E-state index < -0.39 is 18.3 Å². The number of unbranched alkanes of at least 4 members (excludes halogenated alkanes) is 12. The minimum atomic E-state index is -0.732. The molecule has 1 aliphatic rings. The highest BCUT2D eigenvalue weighted by Gasteiger charge is 2.38. The quantitative estimate of drug-likeness (QED) is 0.195. The third-order valence-corrected chi connectivity index (χ3v) is 6.87. The van der Waals surface area contributed by atoms with Crippen LogP contribution in [0.15, 0.2) is 24.3 Å². The predicted molar refractivity (Wildman–Crippen MR) is 133 cm³/mol. The van der Waals surface area contributed by atoms with E-state index in [2.05, 4.69) is 19.1 Å². The van der Waals surface area contributed by atoms with Crippen LogP contribution in [0.3, 0.4) is 0 Å². The van der Waals surface area contributed by atoms with Crippen LogP contribution in [0.1, 0.15) is 103 Å². The molecule has 0 aliphatic carbocycles. The van der Waals surface area contributed by atoms with Crippen molar-refractivity contribution >= 4 is 0 Å². The molecule has 5 heteroatoms. The fourth-order valence-corrected chi connectivity index (χ4v) is 4.48. The molecule has 0 aromatic heterocycles. The first kappa shape index (κ1) is 28.1. The van der Waals surface area contributed by atoms with Gasteiger partial charge in [-0.05, 0) is 30.5 Å². The van der Waals surface area contributed by atoms with Gasteiger partial charge in [-0.3, -0.25) is 0 Å². The number of benzene rings is 1. The number of aliphatic hydroxyl groups is 2. The van der Waals surface area contributed by atoms with Crippen LogP contribution in [-0.2, 0) is 16.2 Å². The summed E-state index contributed by atoms with van der Waals surface area (Å²) in [6.07, 6.45) is 17.1. The molecule has 0 spiro atoms.